The Morgan fingerprint density at radius 1 is 1.35 bits per heavy atom. The third-order valence-corrected chi connectivity index (χ3v) is 5.06. The van der Waals surface area contributed by atoms with Crippen LogP contribution >= 0.6 is 15.9 Å². The van der Waals surface area contributed by atoms with Crippen molar-refractivity contribution in [3.05, 3.63) is 28.5 Å². The zero-order valence-electron chi connectivity index (χ0n) is 13.7. The monoisotopic (exact) mass is 382 g/mol. The molecule has 0 saturated heterocycles. The highest BCUT2D eigenvalue weighted by atomic mass is 79.9. The highest BCUT2D eigenvalue weighted by Crippen LogP contribution is 2.29. The average Bonchev–Trinajstić information content (AvgIpc) is 2.51. The van der Waals surface area contributed by atoms with E-state index >= 15 is 0 Å². The lowest BCUT2D eigenvalue weighted by Crippen LogP contribution is -2.47. The van der Waals surface area contributed by atoms with Crippen molar-refractivity contribution >= 4 is 27.8 Å². The Kier molecular flexibility index (Phi) is 6.16. The number of nitrogens with zero attached hydrogens (tertiary/aromatic N) is 1. The molecule has 6 heteroatoms. The summed E-state index contributed by atoms with van der Waals surface area (Å²) in [4.78, 5) is 28.3. The zero-order chi connectivity index (χ0) is 17.0. The third kappa shape index (κ3) is 4.77. The van der Waals surface area contributed by atoms with E-state index in [0.29, 0.717) is 21.9 Å². The number of nitrogens with one attached hydrogen (secondary N) is 1. The van der Waals surface area contributed by atoms with E-state index in [9.17, 15) is 9.59 Å². The van der Waals surface area contributed by atoms with Gasteiger partial charge in [-0.3, -0.25) is 9.78 Å². The lowest BCUT2D eigenvalue weighted by atomic mass is 9.78. The van der Waals surface area contributed by atoms with Gasteiger partial charge in [0.1, 0.15) is 0 Å². The topological polar surface area (TPSA) is 68.3 Å². The summed E-state index contributed by atoms with van der Waals surface area (Å²) in [6, 6.07) is 1.77. The second kappa shape index (κ2) is 7.90. The number of ether oxygens (including phenoxy) is 1. The van der Waals surface area contributed by atoms with Gasteiger partial charge in [-0.1, -0.05) is 26.7 Å². The minimum atomic E-state index is -0.828. The highest BCUT2D eigenvalue weighted by Gasteiger charge is 2.30. The molecule has 1 N–H and O–H groups in total. The molecular weight excluding hydrogens is 360 g/mol. The van der Waals surface area contributed by atoms with Crippen LogP contribution in [0.1, 0.15) is 50.4 Å². The molecule has 1 aliphatic carbocycles. The van der Waals surface area contributed by atoms with Gasteiger partial charge in [0.25, 0.3) is 5.91 Å². The number of hydrogen-bond donors (Lipinski definition) is 1. The van der Waals surface area contributed by atoms with Crippen LogP contribution in [0, 0.1) is 11.8 Å². The molecule has 1 aromatic rings. The Morgan fingerprint density at radius 2 is 2.09 bits per heavy atom. The van der Waals surface area contributed by atoms with Crippen molar-refractivity contribution in [3.8, 4) is 0 Å². The van der Waals surface area contributed by atoms with Gasteiger partial charge in [0.2, 0.25) is 0 Å². The summed E-state index contributed by atoms with van der Waals surface area (Å²) in [5, 5.41) is 3.03. The van der Waals surface area contributed by atoms with Crippen molar-refractivity contribution in [2.45, 2.75) is 52.2 Å². The fourth-order valence-corrected chi connectivity index (χ4v) is 3.26. The van der Waals surface area contributed by atoms with E-state index in [0.717, 1.165) is 12.8 Å². The molecule has 0 bridgehead atoms. The first-order valence-electron chi connectivity index (χ1n) is 8.00. The minimum Gasteiger partial charge on any atom is -0.449 e. The van der Waals surface area contributed by atoms with Crippen LogP contribution in [0.3, 0.4) is 0 Å². The van der Waals surface area contributed by atoms with E-state index in [1.165, 1.54) is 12.6 Å². The van der Waals surface area contributed by atoms with Crippen molar-refractivity contribution in [2.75, 3.05) is 0 Å². The normalized spacial score (nSPS) is 25.5. The summed E-state index contributed by atoms with van der Waals surface area (Å²) in [6.45, 7) is 5.97. The van der Waals surface area contributed by atoms with Crippen LogP contribution in [0.4, 0.5) is 0 Å². The molecule has 126 valence electrons. The van der Waals surface area contributed by atoms with Gasteiger partial charge in [-0.2, -0.15) is 0 Å². The highest BCUT2D eigenvalue weighted by molar-refractivity contribution is 9.10. The molecule has 1 amide bonds. The van der Waals surface area contributed by atoms with Gasteiger partial charge < -0.3 is 10.1 Å². The smallest absolute Gasteiger partial charge is 0.340 e. The lowest BCUT2D eigenvalue weighted by molar-refractivity contribution is -0.130. The standard InChI is InChI=1S/C17H23BrN2O3/c1-10-5-4-6-15(11(10)2)20-16(21)12(3)23-17(22)13-7-14(18)9-19-8-13/h7-12,15H,4-6H2,1-3H3,(H,20,21)/t10-,11-,12-,15+/m1/s1. The van der Waals surface area contributed by atoms with Gasteiger partial charge in [0.15, 0.2) is 6.10 Å². The number of rotatable bonds is 4. The Labute approximate surface area is 145 Å². The van der Waals surface area contributed by atoms with Crippen molar-refractivity contribution < 1.29 is 14.3 Å². The van der Waals surface area contributed by atoms with Gasteiger partial charge >= 0.3 is 5.97 Å². The van der Waals surface area contributed by atoms with Gasteiger partial charge in [-0.15, -0.1) is 0 Å². The summed E-state index contributed by atoms with van der Waals surface area (Å²) in [7, 11) is 0. The molecule has 23 heavy (non-hydrogen) atoms. The first kappa shape index (κ1) is 17.9. The second-order valence-corrected chi connectivity index (χ2v) is 7.24. The van der Waals surface area contributed by atoms with E-state index in [4.69, 9.17) is 4.74 Å². The first-order chi connectivity index (χ1) is 10.9. The summed E-state index contributed by atoms with van der Waals surface area (Å²) in [5.74, 6) is 0.239. The molecule has 0 aromatic carbocycles. The fourth-order valence-electron chi connectivity index (χ4n) is 2.89. The Hall–Kier alpha value is -1.43. The van der Waals surface area contributed by atoms with E-state index < -0.39 is 12.1 Å². The average molecular weight is 383 g/mol. The molecule has 1 fully saturated rings. The molecular formula is C17H23BrN2O3. The SMILES string of the molecule is C[C@@H]1[C@H](C)CCC[C@@H]1NC(=O)[C@@H](C)OC(=O)c1cncc(Br)c1. The van der Waals surface area contributed by atoms with Gasteiger partial charge in [-0.25, -0.2) is 4.79 Å². The molecule has 0 radical (unpaired) electrons. The van der Waals surface area contributed by atoms with Gasteiger partial charge in [0, 0.05) is 22.9 Å². The fraction of sp³-hybridized carbons (Fsp3) is 0.588. The van der Waals surface area contributed by atoms with E-state index in [2.05, 4.69) is 40.1 Å². The molecule has 1 aromatic heterocycles. The molecule has 5 nitrogen and oxygen atoms in total. The predicted octanol–water partition coefficient (Wildman–Crippen LogP) is 3.33. The summed E-state index contributed by atoms with van der Waals surface area (Å²) >= 11 is 3.25. The second-order valence-electron chi connectivity index (χ2n) is 6.32. The molecule has 0 spiro atoms. The Bertz CT molecular complexity index is 579. The van der Waals surface area contributed by atoms with E-state index in [1.54, 1.807) is 19.2 Å². The Balaban J connectivity index is 1.91. The van der Waals surface area contributed by atoms with Crippen LogP contribution in [0.25, 0.3) is 0 Å². The van der Waals surface area contributed by atoms with E-state index in [-0.39, 0.29) is 11.9 Å². The van der Waals surface area contributed by atoms with Gasteiger partial charge in [0.05, 0.1) is 5.56 Å². The summed E-state index contributed by atoms with van der Waals surface area (Å²) in [5.41, 5.74) is 0.318. The molecule has 0 aliphatic heterocycles. The molecule has 0 unspecified atom stereocenters. The third-order valence-electron chi connectivity index (χ3n) is 4.63. The Morgan fingerprint density at radius 3 is 2.78 bits per heavy atom. The number of aromatic nitrogens is 1. The first-order valence-corrected chi connectivity index (χ1v) is 8.79. The molecule has 2 rings (SSSR count). The summed E-state index contributed by atoms with van der Waals surface area (Å²) in [6.07, 6.45) is 5.47. The number of esters is 1. The van der Waals surface area contributed by atoms with Crippen LogP contribution in [-0.2, 0) is 9.53 Å². The number of carbonyl (C=O) groups is 2. The maximum atomic E-state index is 12.3. The number of amides is 1. The lowest BCUT2D eigenvalue weighted by Gasteiger charge is -2.35. The maximum Gasteiger partial charge on any atom is 0.340 e. The number of pyridine rings is 1. The van der Waals surface area contributed by atoms with E-state index in [1.807, 2.05) is 0 Å². The van der Waals surface area contributed by atoms with Crippen LogP contribution in [0.2, 0.25) is 0 Å². The molecule has 1 aliphatic rings. The number of hydrogen-bond acceptors (Lipinski definition) is 4. The molecule has 1 heterocycles. The van der Waals surface area contributed by atoms with Crippen molar-refractivity contribution in [2.24, 2.45) is 11.8 Å². The van der Waals surface area contributed by atoms with Crippen molar-refractivity contribution in [1.82, 2.24) is 10.3 Å². The molecule has 4 atom stereocenters. The zero-order valence-corrected chi connectivity index (χ0v) is 15.3. The quantitative estimate of drug-likeness (QED) is 0.810. The van der Waals surface area contributed by atoms with Gasteiger partial charge in [-0.05, 0) is 47.2 Å². The van der Waals surface area contributed by atoms with Crippen LogP contribution in [0.5, 0.6) is 0 Å². The largest absolute Gasteiger partial charge is 0.449 e. The van der Waals surface area contributed by atoms with Crippen LogP contribution in [0.15, 0.2) is 22.9 Å². The van der Waals surface area contributed by atoms with Crippen LogP contribution in [-0.4, -0.2) is 29.0 Å². The maximum absolute atomic E-state index is 12.3. The van der Waals surface area contributed by atoms with Crippen molar-refractivity contribution in [1.29, 1.82) is 0 Å². The minimum absolute atomic E-state index is 0.153. The predicted molar refractivity (Wildman–Crippen MR) is 90.9 cm³/mol. The molecule has 1 saturated carbocycles. The summed E-state index contributed by atoms with van der Waals surface area (Å²) < 4.78 is 5.93. The number of halogens is 1. The van der Waals surface area contributed by atoms with Crippen LogP contribution < -0.4 is 5.32 Å². The number of carbonyl (C=O) groups excluding carboxylic acids is 2. The van der Waals surface area contributed by atoms with Crippen molar-refractivity contribution in [3.63, 3.8) is 0 Å².